The van der Waals surface area contributed by atoms with Crippen LogP contribution in [-0.2, 0) is 6.61 Å². The molecule has 8 heteroatoms. The van der Waals surface area contributed by atoms with Gasteiger partial charge in [0.2, 0.25) is 0 Å². The molecule has 1 heterocycles. The zero-order valence-electron chi connectivity index (χ0n) is 19.2. The Morgan fingerprint density at radius 3 is 2.66 bits per heavy atom. The fourth-order valence-electron chi connectivity index (χ4n) is 3.56. The molecule has 0 bridgehead atoms. The molecule has 4 aromatic rings. The highest BCUT2D eigenvalue weighted by Gasteiger charge is 2.16. The maximum Gasteiger partial charge on any atom is 0.282 e. The molecule has 0 unspecified atom stereocenters. The molecule has 0 saturated heterocycles. The molecule has 1 aromatic heterocycles. The lowest BCUT2D eigenvalue weighted by atomic mass is 10.1. The highest BCUT2D eigenvalue weighted by molar-refractivity contribution is 9.10. The molecule has 0 radical (unpaired) electrons. The van der Waals surface area contributed by atoms with Crippen LogP contribution in [0.25, 0.3) is 10.9 Å². The van der Waals surface area contributed by atoms with Gasteiger partial charge in [0, 0.05) is 26.0 Å². The normalized spacial score (nSPS) is 12.1. The van der Waals surface area contributed by atoms with E-state index in [4.69, 9.17) is 9.72 Å². The standard InChI is InChI=1S/C27H22Br2N4O2/c1-3-17(2)26-32-24-10-8-22(29)13-23(24)27(34)33(26)31-15-20-12-21(28)9-11-25(20)35-16-19-7-5-4-6-18(19)14-30/h4-13,15,17H,3,16H2,1-2H3/t17-/m0/s1. The number of rotatable bonds is 7. The van der Waals surface area contributed by atoms with Crippen molar-refractivity contribution in [2.75, 3.05) is 0 Å². The zero-order chi connectivity index (χ0) is 24.9. The number of nitrogens with zero attached hydrogens (tertiary/aromatic N) is 4. The predicted octanol–water partition coefficient (Wildman–Crippen LogP) is 6.77. The van der Waals surface area contributed by atoms with Crippen LogP contribution < -0.4 is 10.3 Å². The molecule has 0 fully saturated rings. The topological polar surface area (TPSA) is 80.3 Å². The summed E-state index contributed by atoms with van der Waals surface area (Å²) in [5.74, 6) is 1.22. The average molecular weight is 594 g/mol. The molecule has 3 aromatic carbocycles. The highest BCUT2D eigenvalue weighted by atomic mass is 79.9. The Hall–Kier alpha value is -3.28. The Morgan fingerprint density at radius 2 is 1.89 bits per heavy atom. The van der Waals surface area contributed by atoms with Crippen LogP contribution in [-0.4, -0.2) is 15.9 Å². The van der Waals surface area contributed by atoms with Crippen molar-refractivity contribution in [3.05, 3.63) is 102 Å². The van der Waals surface area contributed by atoms with Gasteiger partial charge in [0.05, 0.1) is 28.8 Å². The second-order valence-corrected chi connectivity index (χ2v) is 9.87. The Morgan fingerprint density at radius 1 is 1.14 bits per heavy atom. The third-order valence-electron chi connectivity index (χ3n) is 5.69. The summed E-state index contributed by atoms with van der Waals surface area (Å²) in [5.41, 5.74) is 2.45. The fourth-order valence-corrected chi connectivity index (χ4v) is 4.30. The molecule has 4 rings (SSSR count). The molecule has 0 spiro atoms. The van der Waals surface area contributed by atoms with E-state index in [1.165, 1.54) is 4.68 Å². The smallest absolute Gasteiger partial charge is 0.282 e. The van der Waals surface area contributed by atoms with Crippen LogP contribution in [0, 0.1) is 11.3 Å². The SMILES string of the molecule is CC[C@H](C)c1nc2ccc(Br)cc2c(=O)n1N=Cc1cc(Br)ccc1OCc1ccccc1C#N. The fraction of sp³-hybridized carbons (Fsp3) is 0.185. The number of ether oxygens (including phenoxy) is 1. The third-order valence-corrected chi connectivity index (χ3v) is 6.68. The van der Waals surface area contributed by atoms with Gasteiger partial charge in [-0.3, -0.25) is 4.79 Å². The van der Waals surface area contributed by atoms with E-state index in [9.17, 15) is 10.1 Å². The Kier molecular flexibility index (Phi) is 7.79. The number of fused-ring (bicyclic) bond motifs is 1. The first-order chi connectivity index (χ1) is 16.9. The van der Waals surface area contributed by atoms with E-state index < -0.39 is 0 Å². The van der Waals surface area contributed by atoms with Gasteiger partial charge >= 0.3 is 0 Å². The summed E-state index contributed by atoms with van der Waals surface area (Å²) in [6, 6.07) is 20.5. The molecule has 0 aliphatic heterocycles. The predicted molar refractivity (Wildman–Crippen MR) is 145 cm³/mol. The minimum absolute atomic E-state index is 0.0358. The van der Waals surface area contributed by atoms with Gasteiger partial charge in [0.25, 0.3) is 5.56 Å². The molecular weight excluding hydrogens is 572 g/mol. The zero-order valence-corrected chi connectivity index (χ0v) is 22.4. The molecule has 6 nitrogen and oxygen atoms in total. The quantitative estimate of drug-likeness (QED) is 0.222. The van der Waals surface area contributed by atoms with Crippen molar-refractivity contribution in [1.82, 2.24) is 9.66 Å². The summed E-state index contributed by atoms with van der Waals surface area (Å²) in [7, 11) is 0. The van der Waals surface area contributed by atoms with Crippen molar-refractivity contribution in [3.63, 3.8) is 0 Å². The van der Waals surface area contributed by atoms with Crippen LogP contribution in [0.15, 0.2) is 79.5 Å². The number of hydrogen-bond acceptors (Lipinski definition) is 5. The Balaban J connectivity index is 1.75. The molecular formula is C27H22Br2N4O2. The van der Waals surface area contributed by atoms with E-state index in [1.54, 1.807) is 18.3 Å². The summed E-state index contributed by atoms with van der Waals surface area (Å²) < 4.78 is 9.07. The largest absolute Gasteiger partial charge is 0.488 e. The van der Waals surface area contributed by atoms with Crippen LogP contribution in [0.5, 0.6) is 5.75 Å². The van der Waals surface area contributed by atoms with Crippen LogP contribution in [0.1, 0.15) is 48.7 Å². The van der Waals surface area contributed by atoms with E-state index >= 15 is 0 Å². The summed E-state index contributed by atoms with van der Waals surface area (Å²) in [5, 5.41) is 14.4. The van der Waals surface area contributed by atoms with Crippen LogP contribution >= 0.6 is 31.9 Å². The maximum absolute atomic E-state index is 13.4. The number of halogens is 2. The van der Waals surface area contributed by atoms with Gasteiger partial charge in [-0.2, -0.15) is 15.0 Å². The van der Waals surface area contributed by atoms with E-state index in [0.29, 0.717) is 33.6 Å². The average Bonchev–Trinajstić information content (AvgIpc) is 2.87. The van der Waals surface area contributed by atoms with E-state index in [1.807, 2.05) is 55.5 Å². The van der Waals surface area contributed by atoms with Gasteiger partial charge in [-0.1, -0.05) is 63.9 Å². The first-order valence-corrected chi connectivity index (χ1v) is 12.7. The van der Waals surface area contributed by atoms with Crippen molar-refractivity contribution in [3.8, 4) is 11.8 Å². The van der Waals surface area contributed by atoms with Gasteiger partial charge in [0.15, 0.2) is 0 Å². The molecule has 176 valence electrons. The van der Waals surface area contributed by atoms with E-state index in [0.717, 1.165) is 20.9 Å². The van der Waals surface area contributed by atoms with Crippen LogP contribution in [0.3, 0.4) is 0 Å². The van der Waals surface area contributed by atoms with Crippen molar-refractivity contribution >= 4 is 49.0 Å². The molecule has 0 aliphatic rings. The van der Waals surface area contributed by atoms with Crippen LogP contribution in [0.4, 0.5) is 0 Å². The van der Waals surface area contributed by atoms with Gasteiger partial charge in [-0.25, -0.2) is 4.98 Å². The van der Waals surface area contributed by atoms with E-state index in [2.05, 4.69) is 50.0 Å². The van der Waals surface area contributed by atoms with E-state index in [-0.39, 0.29) is 18.1 Å². The monoisotopic (exact) mass is 592 g/mol. The number of benzene rings is 3. The highest BCUT2D eigenvalue weighted by Crippen LogP contribution is 2.24. The maximum atomic E-state index is 13.4. The first kappa shape index (κ1) is 24.8. The molecule has 0 saturated carbocycles. The first-order valence-electron chi connectivity index (χ1n) is 11.1. The molecule has 0 aliphatic carbocycles. The molecule has 0 amide bonds. The van der Waals surface area contributed by atoms with Gasteiger partial charge < -0.3 is 4.74 Å². The van der Waals surface area contributed by atoms with Crippen molar-refractivity contribution in [2.24, 2.45) is 5.10 Å². The molecule has 35 heavy (non-hydrogen) atoms. The lowest BCUT2D eigenvalue weighted by Crippen LogP contribution is -2.23. The lowest BCUT2D eigenvalue weighted by molar-refractivity contribution is 0.305. The van der Waals surface area contributed by atoms with Crippen molar-refractivity contribution in [2.45, 2.75) is 32.8 Å². The molecule has 0 N–H and O–H groups in total. The Labute approximate surface area is 220 Å². The number of aromatic nitrogens is 2. The Bertz CT molecular complexity index is 1520. The number of nitriles is 1. The third kappa shape index (κ3) is 5.53. The van der Waals surface area contributed by atoms with Gasteiger partial charge in [-0.05, 0) is 48.9 Å². The van der Waals surface area contributed by atoms with Crippen LogP contribution in [0.2, 0.25) is 0 Å². The van der Waals surface area contributed by atoms with Crippen molar-refractivity contribution in [1.29, 1.82) is 5.26 Å². The summed E-state index contributed by atoms with van der Waals surface area (Å²) in [6.45, 7) is 4.31. The summed E-state index contributed by atoms with van der Waals surface area (Å²) >= 11 is 6.93. The van der Waals surface area contributed by atoms with Gasteiger partial charge in [0.1, 0.15) is 18.2 Å². The minimum Gasteiger partial charge on any atom is -0.488 e. The lowest BCUT2D eigenvalue weighted by Gasteiger charge is -2.14. The number of hydrogen-bond donors (Lipinski definition) is 0. The minimum atomic E-state index is -0.233. The summed E-state index contributed by atoms with van der Waals surface area (Å²) in [4.78, 5) is 18.1. The summed E-state index contributed by atoms with van der Waals surface area (Å²) in [6.07, 6.45) is 2.42. The van der Waals surface area contributed by atoms with Crippen molar-refractivity contribution < 1.29 is 4.74 Å². The second-order valence-electron chi connectivity index (χ2n) is 8.04. The second kappa shape index (κ2) is 11.0. The van der Waals surface area contributed by atoms with Gasteiger partial charge in [-0.15, -0.1) is 0 Å². The molecule has 1 atom stereocenters.